The summed E-state index contributed by atoms with van der Waals surface area (Å²) < 4.78 is 28.4. The first-order valence-electron chi connectivity index (χ1n) is 4.65. The Kier molecular flexibility index (Phi) is 3.16. The van der Waals surface area contributed by atoms with Gasteiger partial charge in [-0.05, 0) is 19.3 Å². The molecule has 0 aromatic rings. The van der Waals surface area contributed by atoms with Gasteiger partial charge in [0.05, 0.1) is 6.10 Å². The molecule has 0 radical (unpaired) electrons. The molecule has 0 aromatic heterocycles. The molecule has 2 rings (SSSR count). The Morgan fingerprint density at radius 3 is 2.31 bits per heavy atom. The predicted octanol–water partition coefficient (Wildman–Crippen LogP) is 0.393. The van der Waals surface area contributed by atoms with Gasteiger partial charge < -0.3 is 4.74 Å². The van der Waals surface area contributed by atoms with Crippen molar-refractivity contribution in [2.24, 2.45) is 0 Å². The lowest BCUT2D eigenvalue weighted by Crippen LogP contribution is -2.35. The van der Waals surface area contributed by atoms with Crippen LogP contribution in [0.4, 0.5) is 0 Å². The summed E-state index contributed by atoms with van der Waals surface area (Å²) in [6.07, 6.45) is 3.14. The average Bonchev–Trinajstić information content (AvgIpc) is 2.48. The van der Waals surface area contributed by atoms with E-state index in [-0.39, 0.29) is 10.7 Å². The molecule has 5 heteroatoms. The van der Waals surface area contributed by atoms with Gasteiger partial charge in [0.2, 0.25) is 0 Å². The minimum Gasteiger partial charge on any atom is -0.376 e. The van der Waals surface area contributed by atoms with Crippen molar-refractivity contribution in [3.8, 4) is 0 Å². The van der Waals surface area contributed by atoms with Crippen LogP contribution in [0.1, 0.15) is 19.3 Å². The summed E-state index contributed by atoms with van der Waals surface area (Å²) in [6.45, 7) is 0.746. The predicted molar refractivity (Wildman–Crippen MR) is 53.4 cm³/mol. The molecule has 3 nitrogen and oxygen atoms in total. The molecule has 0 aliphatic carbocycles. The number of hydrogen-bond donors (Lipinski definition) is 0. The summed E-state index contributed by atoms with van der Waals surface area (Å²) in [7, 11) is -1.83. The highest BCUT2D eigenvalue weighted by atomic mass is 32.3. The maximum Gasteiger partial charge on any atom is 0.136 e. The lowest BCUT2D eigenvalue weighted by molar-refractivity contribution is 0.0260. The Labute approximate surface area is 83.1 Å². The van der Waals surface area contributed by atoms with Crippen LogP contribution in [0.3, 0.4) is 0 Å². The van der Waals surface area contributed by atoms with E-state index < -0.39 is 21.6 Å². The highest BCUT2D eigenvalue weighted by molar-refractivity contribution is 8.06. The van der Waals surface area contributed by atoms with Crippen molar-refractivity contribution >= 4 is 21.6 Å². The third-order valence-corrected chi connectivity index (χ3v) is 6.93. The van der Waals surface area contributed by atoms with Gasteiger partial charge in [0.25, 0.3) is 0 Å². The van der Waals surface area contributed by atoms with E-state index in [2.05, 4.69) is 0 Å². The van der Waals surface area contributed by atoms with Crippen molar-refractivity contribution < 1.29 is 13.2 Å². The Morgan fingerprint density at radius 2 is 1.77 bits per heavy atom. The molecule has 0 bridgehead atoms. The SMILES string of the molecule is O=S1CCS(=O)C1[C@@H]1CCCCO1. The Morgan fingerprint density at radius 1 is 1.08 bits per heavy atom. The Hall–Kier alpha value is 0.260. The third kappa shape index (κ3) is 2.02. The smallest absolute Gasteiger partial charge is 0.136 e. The Bertz CT molecular complexity index is 220. The average molecular weight is 222 g/mol. The highest BCUT2D eigenvalue weighted by Crippen LogP contribution is 2.25. The van der Waals surface area contributed by atoms with Crippen LogP contribution >= 0.6 is 0 Å². The van der Waals surface area contributed by atoms with E-state index in [0.29, 0.717) is 11.5 Å². The molecule has 2 saturated heterocycles. The van der Waals surface area contributed by atoms with Crippen LogP contribution in [-0.2, 0) is 26.3 Å². The van der Waals surface area contributed by atoms with Crippen LogP contribution in [0.25, 0.3) is 0 Å². The first-order valence-corrected chi connectivity index (χ1v) is 7.41. The molecule has 13 heavy (non-hydrogen) atoms. The van der Waals surface area contributed by atoms with Gasteiger partial charge in [-0.25, -0.2) is 0 Å². The minimum atomic E-state index is -0.913. The van der Waals surface area contributed by atoms with Crippen LogP contribution in [-0.4, -0.2) is 37.2 Å². The molecule has 2 aliphatic rings. The van der Waals surface area contributed by atoms with Crippen molar-refractivity contribution in [2.75, 3.05) is 18.1 Å². The standard InChI is InChI=1S/C8H14O3S2/c9-12-5-6-13(10)8(12)7-3-1-2-4-11-7/h7-8H,1-6H2/t7-,8?,12?,13?/m0/s1. The summed E-state index contributed by atoms with van der Waals surface area (Å²) in [5.74, 6) is 1.19. The zero-order valence-electron chi connectivity index (χ0n) is 7.44. The second-order valence-electron chi connectivity index (χ2n) is 3.44. The lowest BCUT2D eigenvalue weighted by atomic mass is 10.1. The minimum absolute atomic E-state index is 0.00193. The summed E-state index contributed by atoms with van der Waals surface area (Å²) in [4.78, 5) is 0. The van der Waals surface area contributed by atoms with Crippen molar-refractivity contribution in [3.05, 3.63) is 0 Å². The summed E-state index contributed by atoms with van der Waals surface area (Å²) >= 11 is 0. The van der Waals surface area contributed by atoms with Crippen LogP contribution in [0.2, 0.25) is 0 Å². The normalized spacial score (nSPS) is 46.5. The van der Waals surface area contributed by atoms with Crippen LogP contribution in [0.5, 0.6) is 0 Å². The van der Waals surface area contributed by atoms with Crippen molar-refractivity contribution in [1.82, 2.24) is 0 Å². The molecule has 2 aliphatic heterocycles. The van der Waals surface area contributed by atoms with Gasteiger partial charge in [0, 0.05) is 39.7 Å². The van der Waals surface area contributed by atoms with E-state index in [1.165, 1.54) is 0 Å². The topological polar surface area (TPSA) is 43.4 Å². The lowest BCUT2D eigenvalue weighted by Gasteiger charge is -2.25. The van der Waals surface area contributed by atoms with E-state index >= 15 is 0 Å². The van der Waals surface area contributed by atoms with Crippen LogP contribution in [0, 0.1) is 0 Å². The van der Waals surface area contributed by atoms with Crippen LogP contribution in [0.15, 0.2) is 0 Å². The molecule has 0 spiro atoms. The number of rotatable bonds is 1. The van der Waals surface area contributed by atoms with E-state index in [4.69, 9.17) is 4.74 Å². The van der Waals surface area contributed by atoms with Crippen LogP contribution < -0.4 is 0 Å². The van der Waals surface area contributed by atoms with Gasteiger partial charge in [-0.3, -0.25) is 8.42 Å². The van der Waals surface area contributed by atoms with Gasteiger partial charge in [0.15, 0.2) is 0 Å². The van der Waals surface area contributed by atoms with E-state index in [9.17, 15) is 8.42 Å². The molecule has 2 heterocycles. The number of ether oxygens (including phenoxy) is 1. The molecule has 2 fully saturated rings. The van der Waals surface area contributed by atoms with Gasteiger partial charge in [-0.2, -0.15) is 0 Å². The zero-order valence-corrected chi connectivity index (χ0v) is 9.07. The van der Waals surface area contributed by atoms with E-state index in [1.807, 2.05) is 0 Å². The molecule has 76 valence electrons. The van der Waals surface area contributed by atoms with E-state index in [1.54, 1.807) is 0 Å². The molecule has 3 atom stereocenters. The maximum absolute atomic E-state index is 11.5. The molecule has 0 N–H and O–H groups in total. The van der Waals surface area contributed by atoms with Gasteiger partial charge in [0.1, 0.15) is 4.58 Å². The number of hydrogen-bond acceptors (Lipinski definition) is 3. The van der Waals surface area contributed by atoms with Crippen molar-refractivity contribution in [2.45, 2.75) is 29.9 Å². The maximum atomic E-state index is 11.5. The third-order valence-electron chi connectivity index (χ3n) is 2.52. The fourth-order valence-electron chi connectivity index (χ4n) is 1.84. The van der Waals surface area contributed by atoms with E-state index in [0.717, 1.165) is 25.9 Å². The van der Waals surface area contributed by atoms with Gasteiger partial charge in [-0.1, -0.05) is 0 Å². The monoisotopic (exact) mass is 222 g/mol. The molecular formula is C8H14O3S2. The summed E-state index contributed by atoms with van der Waals surface area (Å²) in [5, 5.41) is 0. The largest absolute Gasteiger partial charge is 0.376 e. The zero-order chi connectivity index (χ0) is 9.26. The molecule has 2 unspecified atom stereocenters. The summed E-state index contributed by atoms with van der Waals surface area (Å²) in [5.41, 5.74) is 0. The summed E-state index contributed by atoms with van der Waals surface area (Å²) in [6, 6.07) is 0. The second kappa shape index (κ2) is 4.19. The molecule has 0 aromatic carbocycles. The highest BCUT2D eigenvalue weighted by Gasteiger charge is 2.38. The second-order valence-corrected chi connectivity index (χ2v) is 7.10. The fourth-order valence-corrected chi connectivity index (χ4v) is 6.26. The van der Waals surface area contributed by atoms with Gasteiger partial charge in [-0.15, -0.1) is 0 Å². The molecule has 0 amide bonds. The fraction of sp³-hybridized carbons (Fsp3) is 1.00. The first kappa shape index (κ1) is 9.80. The van der Waals surface area contributed by atoms with Crippen molar-refractivity contribution in [3.63, 3.8) is 0 Å². The molecular weight excluding hydrogens is 208 g/mol. The van der Waals surface area contributed by atoms with Crippen molar-refractivity contribution in [1.29, 1.82) is 0 Å². The Balaban J connectivity index is 2.05. The molecule has 0 saturated carbocycles. The quantitative estimate of drug-likeness (QED) is 0.645. The first-order chi connectivity index (χ1) is 6.29. The van der Waals surface area contributed by atoms with Gasteiger partial charge >= 0.3 is 0 Å².